The average Bonchev–Trinajstić information content (AvgIpc) is 2.41. The molecule has 0 saturated carbocycles. The molecule has 2 rings (SSSR count). The van der Waals surface area contributed by atoms with E-state index in [0.717, 1.165) is 0 Å². The van der Waals surface area contributed by atoms with Gasteiger partial charge >= 0.3 is 5.97 Å². The van der Waals surface area contributed by atoms with E-state index < -0.39 is 11.8 Å². The number of benzene rings is 2. The fourth-order valence-corrected chi connectivity index (χ4v) is 1.81. The van der Waals surface area contributed by atoms with Crippen LogP contribution in [0.3, 0.4) is 0 Å². The van der Waals surface area contributed by atoms with Gasteiger partial charge < -0.3 is 15.6 Å². The molecule has 0 amide bonds. The van der Waals surface area contributed by atoms with Crippen molar-refractivity contribution in [1.82, 2.24) is 0 Å². The third kappa shape index (κ3) is 3.19. The minimum Gasteiger partial charge on any atom is -0.489 e. The van der Waals surface area contributed by atoms with Crippen LogP contribution in [0, 0.1) is 5.82 Å². The Balaban J connectivity index is 2.12. The highest BCUT2D eigenvalue weighted by atomic mass is 35.5. The van der Waals surface area contributed by atoms with Gasteiger partial charge in [-0.3, -0.25) is 0 Å². The SMILES string of the molecule is Nc1ccc(OCc2ccc(F)c(Cl)c2)cc1C(=O)O. The van der Waals surface area contributed by atoms with Gasteiger partial charge in [0, 0.05) is 5.69 Å². The van der Waals surface area contributed by atoms with Crippen molar-refractivity contribution in [2.75, 3.05) is 5.73 Å². The molecule has 20 heavy (non-hydrogen) atoms. The minimum atomic E-state index is -1.13. The van der Waals surface area contributed by atoms with E-state index in [1.165, 1.54) is 30.3 Å². The van der Waals surface area contributed by atoms with Crippen LogP contribution in [0.15, 0.2) is 36.4 Å². The lowest BCUT2D eigenvalue weighted by atomic mass is 10.1. The van der Waals surface area contributed by atoms with Crippen molar-refractivity contribution in [3.05, 3.63) is 58.4 Å². The molecule has 0 spiro atoms. The molecular weight excluding hydrogens is 285 g/mol. The fourth-order valence-electron chi connectivity index (χ4n) is 1.61. The minimum absolute atomic E-state index is 0.00892. The molecule has 0 heterocycles. The normalized spacial score (nSPS) is 10.3. The lowest BCUT2D eigenvalue weighted by molar-refractivity contribution is 0.0697. The monoisotopic (exact) mass is 295 g/mol. The van der Waals surface area contributed by atoms with Crippen LogP contribution in [0.2, 0.25) is 5.02 Å². The van der Waals surface area contributed by atoms with Crippen molar-refractivity contribution in [2.24, 2.45) is 0 Å². The van der Waals surface area contributed by atoms with Crippen LogP contribution in [0.4, 0.5) is 10.1 Å². The second-order valence-corrected chi connectivity index (χ2v) is 4.50. The molecule has 6 heteroatoms. The second-order valence-electron chi connectivity index (χ2n) is 4.09. The zero-order valence-electron chi connectivity index (χ0n) is 10.3. The molecule has 0 radical (unpaired) electrons. The number of ether oxygens (including phenoxy) is 1. The Morgan fingerprint density at radius 1 is 1.30 bits per heavy atom. The molecule has 104 valence electrons. The number of hydrogen-bond acceptors (Lipinski definition) is 3. The summed E-state index contributed by atoms with van der Waals surface area (Å²) in [6.45, 7) is 0.142. The van der Waals surface area contributed by atoms with E-state index in [9.17, 15) is 9.18 Å². The maximum Gasteiger partial charge on any atom is 0.337 e. The first-order chi connectivity index (χ1) is 9.47. The molecule has 0 saturated heterocycles. The lowest BCUT2D eigenvalue weighted by Gasteiger charge is -2.09. The molecule has 3 N–H and O–H groups in total. The number of carboxylic acids is 1. The highest BCUT2D eigenvalue weighted by Gasteiger charge is 2.09. The Labute approximate surface area is 119 Å². The summed E-state index contributed by atoms with van der Waals surface area (Å²) >= 11 is 5.66. The number of nitrogen functional groups attached to an aromatic ring is 1. The highest BCUT2D eigenvalue weighted by molar-refractivity contribution is 6.30. The number of anilines is 1. The zero-order valence-corrected chi connectivity index (χ0v) is 11.0. The van der Waals surface area contributed by atoms with Gasteiger partial charge in [0.15, 0.2) is 0 Å². The lowest BCUT2D eigenvalue weighted by Crippen LogP contribution is -2.03. The Hall–Kier alpha value is -2.27. The molecule has 0 bridgehead atoms. The molecule has 2 aromatic carbocycles. The summed E-state index contributed by atoms with van der Waals surface area (Å²) in [4.78, 5) is 10.9. The second kappa shape index (κ2) is 5.79. The Morgan fingerprint density at radius 3 is 2.70 bits per heavy atom. The van der Waals surface area contributed by atoms with Crippen molar-refractivity contribution in [3.8, 4) is 5.75 Å². The molecule has 0 aliphatic carbocycles. The molecule has 2 aromatic rings. The smallest absolute Gasteiger partial charge is 0.337 e. The van der Waals surface area contributed by atoms with Gasteiger partial charge in [0.2, 0.25) is 0 Å². The molecular formula is C14H11ClFNO3. The van der Waals surface area contributed by atoms with Crippen molar-refractivity contribution in [1.29, 1.82) is 0 Å². The first-order valence-electron chi connectivity index (χ1n) is 5.67. The van der Waals surface area contributed by atoms with E-state index in [4.69, 9.17) is 27.2 Å². The van der Waals surface area contributed by atoms with E-state index in [0.29, 0.717) is 11.3 Å². The van der Waals surface area contributed by atoms with Gasteiger partial charge in [-0.05, 0) is 35.9 Å². The number of aromatic carboxylic acids is 1. The molecule has 4 nitrogen and oxygen atoms in total. The number of carbonyl (C=O) groups is 1. The van der Waals surface area contributed by atoms with E-state index >= 15 is 0 Å². The topological polar surface area (TPSA) is 72.5 Å². The standard InChI is InChI=1S/C14H11ClFNO3/c15-11-5-8(1-3-12(11)16)7-20-9-2-4-13(17)10(6-9)14(18)19/h1-6H,7,17H2,(H,18,19). The van der Waals surface area contributed by atoms with Gasteiger partial charge in [-0.25, -0.2) is 9.18 Å². The number of rotatable bonds is 4. The summed E-state index contributed by atoms with van der Waals surface area (Å²) < 4.78 is 18.4. The van der Waals surface area contributed by atoms with E-state index in [-0.39, 0.29) is 22.9 Å². The van der Waals surface area contributed by atoms with Gasteiger partial charge in [-0.1, -0.05) is 17.7 Å². The number of carboxylic acid groups (broad SMARTS) is 1. The molecule has 0 aliphatic rings. The number of hydrogen-bond donors (Lipinski definition) is 2. The van der Waals surface area contributed by atoms with E-state index in [2.05, 4.69) is 0 Å². The van der Waals surface area contributed by atoms with Crippen LogP contribution >= 0.6 is 11.6 Å². The number of nitrogens with two attached hydrogens (primary N) is 1. The van der Waals surface area contributed by atoms with E-state index in [1.807, 2.05) is 0 Å². The maximum absolute atomic E-state index is 13.0. The van der Waals surface area contributed by atoms with Gasteiger partial charge in [0.1, 0.15) is 18.2 Å². The largest absolute Gasteiger partial charge is 0.489 e. The first kappa shape index (κ1) is 14.1. The van der Waals surface area contributed by atoms with Crippen molar-refractivity contribution in [2.45, 2.75) is 6.61 Å². The summed E-state index contributed by atoms with van der Waals surface area (Å²) in [6, 6.07) is 8.59. The summed E-state index contributed by atoms with van der Waals surface area (Å²) in [5.74, 6) is -1.27. The summed E-state index contributed by atoms with van der Waals surface area (Å²) in [6.07, 6.45) is 0. The van der Waals surface area contributed by atoms with Crippen LogP contribution in [0.25, 0.3) is 0 Å². The Kier molecular flexibility index (Phi) is 4.10. The van der Waals surface area contributed by atoms with Crippen LogP contribution in [0.5, 0.6) is 5.75 Å². The van der Waals surface area contributed by atoms with Gasteiger partial charge in [0.25, 0.3) is 0 Å². The molecule has 0 fully saturated rings. The fraction of sp³-hybridized carbons (Fsp3) is 0.0714. The van der Waals surface area contributed by atoms with Gasteiger partial charge in [-0.2, -0.15) is 0 Å². The van der Waals surface area contributed by atoms with Crippen LogP contribution in [0.1, 0.15) is 15.9 Å². The van der Waals surface area contributed by atoms with Crippen molar-refractivity contribution >= 4 is 23.3 Å². The molecule has 0 aromatic heterocycles. The van der Waals surface area contributed by atoms with Crippen LogP contribution < -0.4 is 10.5 Å². The highest BCUT2D eigenvalue weighted by Crippen LogP contribution is 2.22. The van der Waals surface area contributed by atoms with E-state index in [1.54, 1.807) is 6.07 Å². The Bertz CT molecular complexity index is 661. The summed E-state index contributed by atoms with van der Waals surface area (Å²) in [7, 11) is 0. The quantitative estimate of drug-likeness (QED) is 0.849. The van der Waals surface area contributed by atoms with Gasteiger partial charge in [-0.15, -0.1) is 0 Å². The predicted octanol–water partition coefficient (Wildman–Crippen LogP) is 3.34. The summed E-state index contributed by atoms with van der Waals surface area (Å²) in [5, 5.41) is 8.96. The maximum atomic E-state index is 13.0. The number of halogens is 2. The average molecular weight is 296 g/mol. The third-order valence-corrected chi connectivity index (χ3v) is 2.93. The van der Waals surface area contributed by atoms with Crippen molar-refractivity contribution in [3.63, 3.8) is 0 Å². The molecule has 0 atom stereocenters. The molecule has 0 unspecified atom stereocenters. The Morgan fingerprint density at radius 2 is 2.05 bits per heavy atom. The van der Waals surface area contributed by atoms with Gasteiger partial charge in [0.05, 0.1) is 10.6 Å². The van der Waals surface area contributed by atoms with Crippen LogP contribution in [-0.2, 0) is 6.61 Å². The molecule has 0 aliphatic heterocycles. The van der Waals surface area contributed by atoms with Crippen LogP contribution in [-0.4, -0.2) is 11.1 Å². The predicted molar refractivity (Wildman–Crippen MR) is 73.6 cm³/mol. The first-order valence-corrected chi connectivity index (χ1v) is 6.04. The summed E-state index contributed by atoms with van der Waals surface area (Å²) in [5.41, 5.74) is 6.34. The van der Waals surface area contributed by atoms with Crippen molar-refractivity contribution < 1.29 is 19.0 Å². The third-order valence-electron chi connectivity index (χ3n) is 2.64. The zero-order chi connectivity index (χ0) is 14.7.